The van der Waals surface area contributed by atoms with Gasteiger partial charge >= 0.3 is 0 Å². The molecule has 0 bridgehead atoms. The first-order chi connectivity index (χ1) is 7.86. The topological polar surface area (TPSA) is 32.6 Å². The Balaban J connectivity index is 1.87. The van der Waals surface area contributed by atoms with Gasteiger partial charge in [0, 0.05) is 18.3 Å². The summed E-state index contributed by atoms with van der Waals surface area (Å²) in [5.41, 5.74) is 0.818. The van der Waals surface area contributed by atoms with E-state index in [0.29, 0.717) is 5.75 Å². The van der Waals surface area contributed by atoms with Crippen LogP contribution in [0.5, 0.6) is 5.75 Å². The number of hydrogen-bond donors (Lipinski definition) is 1. The van der Waals surface area contributed by atoms with Gasteiger partial charge in [0.05, 0.1) is 0 Å². The SMILES string of the molecule is Oc1ccccc1C=NCC1CCCCC1. The highest BCUT2D eigenvalue weighted by Crippen LogP contribution is 2.23. The fourth-order valence-corrected chi connectivity index (χ4v) is 2.27. The molecular weight excluding hydrogens is 198 g/mol. The second kappa shape index (κ2) is 5.69. The number of aliphatic imine (C=N–C) groups is 1. The molecule has 2 nitrogen and oxygen atoms in total. The minimum atomic E-state index is 0.315. The van der Waals surface area contributed by atoms with Crippen molar-refractivity contribution in [1.82, 2.24) is 0 Å². The molecule has 1 fully saturated rings. The molecule has 1 aliphatic carbocycles. The summed E-state index contributed by atoms with van der Waals surface area (Å²) in [5.74, 6) is 1.07. The van der Waals surface area contributed by atoms with Crippen LogP contribution in [0, 0.1) is 5.92 Å². The van der Waals surface area contributed by atoms with Crippen molar-refractivity contribution >= 4 is 6.21 Å². The van der Waals surface area contributed by atoms with Gasteiger partial charge in [0.2, 0.25) is 0 Å². The van der Waals surface area contributed by atoms with E-state index in [1.165, 1.54) is 32.1 Å². The van der Waals surface area contributed by atoms with Crippen LogP contribution in [0.2, 0.25) is 0 Å². The monoisotopic (exact) mass is 217 g/mol. The van der Waals surface area contributed by atoms with E-state index >= 15 is 0 Å². The molecule has 0 amide bonds. The van der Waals surface area contributed by atoms with Gasteiger partial charge in [-0.1, -0.05) is 31.4 Å². The number of benzene rings is 1. The standard InChI is InChI=1S/C14H19NO/c16-14-9-5-4-8-13(14)11-15-10-12-6-2-1-3-7-12/h4-5,8-9,11-12,16H,1-3,6-7,10H2. The predicted octanol–water partition coefficient (Wildman–Crippen LogP) is 3.39. The third-order valence-electron chi connectivity index (χ3n) is 3.26. The second-order valence-corrected chi connectivity index (χ2v) is 4.56. The molecule has 0 radical (unpaired) electrons. The molecule has 1 aromatic rings. The summed E-state index contributed by atoms with van der Waals surface area (Å²) in [5, 5.41) is 9.56. The fraction of sp³-hybridized carbons (Fsp3) is 0.500. The van der Waals surface area contributed by atoms with Crippen LogP contribution in [0.15, 0.2) is 29.3 Å². The van der Waals surface area contributed by atoms with Crippen molar-refractivity contribution in [2.75, 3.05) is 6.54 Å². The molecule has 0 heterocycles. The summed E-state index contributed by atoms with van der Waals surface area (Å²) in [6, 6.07) is 7.33. The van der Waals surface area contributed by atoms with Crippen molar-refractivity contribution in [3.8, 4) is 5.75 Å². The molecule has 1 aromatic carbocycles. The maximum atomic E-state index is 9.56. The van der Waals surface area contributed by atoms with Gasteiger partial charge in [0.15, 0.2) is 0 Å². The van der Waals surface area contributed by atoms with Gasteiger partial charge in [-0.3, -0.25) is 4.99 Å². The van der Waals surface area contributed by atoms with Crippen LogP contribution in [0.1, 0.15) is 37.7 Å². The fourth-order valence-electron chi connectivity index (χ4n) is 2.27. The van der Waals surface area contributed by atoms with Crippen molar-refractivity contribution in [3.05, 3.63) is 29.8 Å². The molecule has 0 unspecified atom stereocenters. The molecule has 1 aliphatic rings. The van der Waals surface area contributed by atoms with Gasteiger partial charge in [-0.15, -0.1) is 0 Å². The first-order valence-electron chi connectivity index (χ1n) is 6.14. The molecule has 0 aromatic heterocycles. The maximum absolute atomic E-state index is 9.56. The minimum Gasteiger partial charge on any atom is -0.507 e. The van der Waals surface area contributed by atoms with E-state index in [2.05, 4.69) is 4.99 Å². The molecule has 0 spiro atoms. The molecule has 0 saturated heterocycles. The number of phenolic OH excluding ortho intramolecular Hbond substituents is 1. The van der Waals surface area contributed by atoms with E-state index < -0.39 is 0 Å². The van der Waals surface area contributed by atoms with Crippen LogP contribution < -0.4 is 0 Å². The molecule has 2 rings (SSSR count). The van der Waals surface area contributed by atoms with E-state index in [-0.39, 0.29) is 0 Å². The van der Waals surface area contributed by atoms with E-state index in [1.54, 1.807) is 12.3 Å². The van der Waals surface area contributed by atoms with Crippen molar-refractivity contribution in [3.63, 3.8) is 0 Å². The molecule has 86 valence electrons. The Labute approximate surface area is 97.0 Å². The van der Waals surface area contributed by atoms with Crippen LogP contribution in [0.3, 0.4) is 0 Å². The molecule has 1 N–H and O–H groups in total. The van der Waals surface area contributed by atoms with Crippen molar-refractivity contribution in [2.24, 2.45) is 10.9 Å². The number of aromatic hydroxyl groups is 1. The summed E-state index contributed by atoms with van der Waals surface area (Å²) in [6.45, 7) is 0.911. The average Bonchev–Trinajstić information content (AvgIpc) is 2.33. The third kappa shape index (κ3) is 3.09. The van der Waals surface area contributed by atoms with Crippen LogP contribution >= 0.6 is 0 Å². The lowest BCUT2D eigenvalue weighted by molar-refractivity contribution is 0.367. The molecule has 16 heavy (non-hydrogen) atoms. The lowest BCUT2D eigenvalue weighted by Crippen LogP contribution is -2.09. The highest BCUT2D eigenvalue weighted by Gasteiger charge is 2.11. The summed E-state index contributed by atoms with van der Waals surface area (Å²) in [6.07, 6.45) is 8.54. The summed E-state index contributed by atoms with van der Waals surface area (Å²) >= 11 is 0. The summed E-state index contributed by atoms with van der Waals surface area (Å²) in [7, 11) is 0. The average molecular weight is 217 g/mol. The molecular formula is C14H19NO. The Morgan fingerprint density at radius 3 is 2.69 bits per heavy atom. The highest BCUT2D eigenvalue weighted by molar-refractivity contribution is 5.83. The molecule has 2 heteroatoms. The van der Waals surface area contributed by atoms with Gasteiger partial charge in [0.25, 0.3) is 0 Å². The number of phenols is 1. The number of para-hydroxylation sites is 1. The van der Waals surface area contributed by atoms with Crippen LogP contribution in [0.4, 0.5) is 0 Å². The molecule has 0 aliphatic heterocycles. The van der Waals surface area contributed by atoms with Crippen LogP contribution in [-0.2, 0) is 0 Å². The van der Waals surface area contributed by atoms with E-state index in [4.69, 9.17) is 0 Å². The first-order valence-corrected chi connectivity index (χ1v) is 6.14. The van der Waals surface area contributed by atoms with Gasteiger partial charge in [-0.2, -0.15) is 0 Å². The van der Waals surface area contributed by atoms with Crippen molar-refractivity contribution < 1.29 is 5.11 Å². The largest absolute Gasteiger partial charge is 0.507 e. The molecule has 0 atom stereocenters. The predicted molar refractivity (Wildman–Crippen MR) is 67.1 cm³/mol. The first kappa shape index (κ1) is 11.2. The Kier molecular flexibility index (Phi) is 3.97. The minimum absolute atomic E-state index is 0.315. The number of rotatable bonds is 3. The van der Waals surface area contributed by atoms with Crippen LogP contribution in [-0.4, -0.2) is 17.9 Å². The number of nitrogens with zero attached hydrogens (tertiary/aromatic N) is 1. The van der Waals surface area contributed by atoms with Gasteiger partial charge in [0.1, 0.15) is 5.75 Å². The third-order valence-corrected chi connectivity index (χ3v) is 3.26. The Bertz CT molecular complexity index is 354. The van der Waals surface area contributed by atoms with Gasteiger partial charge in [-0.05, 0) is 30.9 Å². The highest BCUT2D eigenvalue weighted by atomic mass is 16.3. The number of hydrogen-bond acceptors (Lipinski definition) is 2. The second-order valence-electron chi connectivity index (χ2n) is 4.56. The Hall–Kier alpha value is -1.31. The lowest BCUT2D eigenvalue weighted by Gasteiger charge is -2.19. The quantitative estimate of drug-likeness (QED) is 0.773. The van der Waals surface area contributed by atoms with E-state index in [9.17, 15) is 5.11 Å². The Morgan fingerprint density at radius 1 is 1.19 bits per heavy atom. The van der Waals surface area contributed by atoms with Gasteiger partial charge in [-0.25, -0.2) is 0 Å². The zero-order valence-corrected chi connectivity index (χ0v) is 9.60. The lowest BCUT2D eigenvalue weighted by atomic mass is 9.89. The van der Waals surface area contributed by atoms with Gasteiger partial charge < -0.3 is 5.11 Å². The normalized spacial score (nSPS) is 18.0. The van der Waals surface area contributed by atoms with E-state index in [1.807, 2.05) is 18.2 Å². The summed E-state index contributed by atoms with van der Waals surface area (Å²) < 4.78 is 0. The maximum Gasteiger partial charge on any atom is 0.124 e. The molecule has 1 saturated carbocycles. The Morgan fingerprint density at radius 2 is 1.94 bits per heavy atom. The zero-order chi connectivity index (χ0) is 11.2. The smallest absolute Gasteiger partial charge is 0.124 e. The summed E-state index contributed by atoms with van der Waals surface area (Å²) in [4.78, 5) is 4.44. The van der Waals surface area contributed by atoms with Crippen LogP contribution in [0.25, 0.3) is 0 Å². The zero-order valence-electron chi connectivity index (χ0n) is 9.60. The van der Waals surface area contributed by atoms with E-state index in [0.717, 1.165) is 18.0 Å². The van der Waals surface area contributed by atoms with Crippen molar-refractivity contribution in [1.29, 1.82) is 0 Å². The van der Waals surface area contributed by atoms with Crippen molar-refractivity contribution in [2.45, 2.75) is 32.1 Å².